The Morgan fingerprint density at radius 2 is 2.25 bits per heavy atom. The third-order valence-electron chi connectivity index (χ3n) is 5.53. The molecule has 0 aliphatic heterocycles. The second-order valence-electron chi connectivity index (χ2n) is 6.83. The molecule has 1 saturated carbocycles. The first-order chi connectivity index (χ1) is 11.8. The summed E-state index contributed by atoms with van der Waals surface area (Å²) in [6, 6.07) is 10.4. The number of nitrogens with one attached hydrogen (secondary N) is 1. The van der Waals surface area contributed by atoms with Crippen LogP contribution in [0.25, 0.3) is 4.96 Å². The maximum absolute atomic E-state index is 11.8. The Hall–Kier alpha value is -2.21. The highest BCUT2D eigenvalue weighted by Gasteiger charge is 2.56. The molecule has 0 radical (unpaired) electrons. The Bertz CT molecular complexity index is 978. The monoisotopic (exact) mass is 338 g/mol. The topological polar surface area (TPSA) is 59.3 Å². The van der Waals surface area contributed by atoms with Crippen LogP contribution in [0.15, 0.2) is 41.3 Å². The zero-order chi connectivity index (χ0) is 16.1. The summed E-state index contributed by atoms with van der Waals surface area (Å²) in [6.07, 6.45) is 6.57. The first kappa shape index (κ1) is 14.2. The minimum atomic E-state index is -0.131. The smallest absolute Gasteiger partial charge is 0.275 e. The van der Waals surface area contributed by atoms with E-state index in [0.29, 0.717) is 16.3 Å². The van der Waals surface area contributed by atoms with Gasteiger partial charge >= 0.3 is 0 Å². The van der Waals surface area contributed by atoms with Crippen molar-refractivity contribution in [2.45, 2.75) is 31.1 Å². The number of hydrogen-bond acceptors (Lipinski definition) is 5. The maximum Gasteiger partial charge on any atom is 0.275 e. The third kappa shape index (κ3) is 2.09. The van der Waals surface area contributed by atoms with Crippen molar-refractivity contribution in [2.24, 2.45) is 5.92 Å². The van der Waals surface area contributed by atoms with Crippen LogP contribution in [0.5, 0.6) is 0 Å². The quantitative estimate of drug-likeness (QED) is 0.798. The summed E-state index contributed by atoms with van der Waals surface area (Å²) in [7, 11) is 0. The Balaban J connectivity index is 1.35. The van der Waals surface area contributed by atoms with Gasteiger partial charge in [-0.15, -0.1) is 5.10 Å². The molecule has 2 heterocycles. The van der Waals surface area contributed by atoms with E-state index >= 15 is 0 Å². The SMILES string of the molecule is O=c1ccnc2sc(NCC3CC34CCCc3ccccc34)nn12. The summed E-state index contributed by atoms with van der Waals surface area (Å²) in [4.78, 5) is 16.6. The molecule has 2 atom stereocenters. The zero-order valence-electron chi connectivity index (χ0n) is 13.2. The number of benzene rings is 1. The normalized spacial score (nSPS) is 24.9. The summed E-state index contributed by atoms with van der Waals surface area (Å²) in [5, 5.41) is 8.55. The van der Waals surface area contributed by atoms with E-state index in [4.69, 9.17) is 0 Å². The van der Waals surface area contributed by atoms with Crippen molar-refractivity contribution < 1.29 is 0 Å². The van der Waals surface area contributed by atoms with Gasteiger partial charge in [-0.05, 0) is 42.7 Å². The van der Waals surface area contributed by atoms with E-state index in [1.54, 1.807) is 5.56 Å². The van der Waals surface area contributed by atoms with Crippen LogP contribution < -0.4 is 10.9 Å². The molecule has 2 unspecified atom stereocenters. The van der Waals surface area contributed by atoms with Crippen molar-refractivity contribution in [3.8, 4) is 0 Å². The maximum atomic E-state index is 11.8. The molecular formula is C18H18N4OS. The van der Waals surface area contributed by atoms with Crippen molar-refractivity contribution in [1.29, 1.82) is 0 Å². The van der Waals surface area contributed by atoms with E-state index in [1.165, 1.54) is 59.4 Å². The fourth-order valence-electron chi connectivity index (χ4n) is 4.26. The molecule has 2 aliphatic carbocycles. The number of anilines is 1. The lowest BCUT2D eigenvalue weighted by molar-refractivity contribution is 0.503. The average molecular weight is 338 g/mol. The van der Waals surface area contributed by atoms with E-state index in [-0.39, 0.29) is 5.56 Å². The van der Waals surface area contributed by atoms with Crippen LogP contribution in [0.4, 0.5) is 5.13 Å². The van der Waals surface area contributed by atoms with Crippen LogP contribution in [0.2, 0.25) is 0 Å². The second-order valence-corrected chi connectivity index (χ2v) is 7.79. The van der Waals surface area contributed by atoms with Gasteiger partial charge in [0.25, 0.3) is 5.56 Å². The van der Waals surface area contributed by atoms with Crippen LogP contribution in [-0.4, -0.2) is 21.1 Å². The van der Waals surface area contributed by atoms with Crippen LogP contribution >= 0.6 is 11.3 Å². The summed E-state index contributed by atoms with van der Waals surface area (Å²) in [5.74, 6) is 0.649. The molecule has 0 saturated heterocycles. The molecule has 24 heavy (non-hydrogen) atoms. The standard InChI is InChI=1S/C18H18N4OS/c23-15-7-9-19-17-22(15)21-16(24-17)20-11-13-10-18(13)8-3-5-12-4-1-2-6-14(12)18/h1-2,4,6-7,9,13H,3,5,8,10-11H2,(H,20,21). The molecular weight excluding hydrogens is 320 g/mol. The molecule has 0 amide bonds. The van der Waals surface area contributed by atoms with Gasteiger partial charge in [-0.1, -0.05) is 35.6 Å². The van der Waals surface area contributed by atoms with Crippen molar-refractivity contribution in [3.05, 3.63) is 58.0 Å². The Labute approximate surface area is 143 Å². The lowest BCUT2D eigenvalue weighted by Gasteiger charge is -2.26. The first-order valence-electron chi connectivity index (χ1n) is 8.43. The van der Waals surface area contributed by atoms with Gasteiger partial charge in [0.15, 0.2) is 0 Å². The van der Waals surface area contributed by atoms with Crippen LogP contribution in [0.3, 0.4) is 0 Å². The molecule has 1 N–H and O–H groups in total. The van der Waals surface area contributed by atoms with E-state index < -0.39 is 0 Å². The average Bonchev–Trinajstić information content (AvgIpc) is 3.11. The molecule has 2 aliphatic rings. The minimum absolute atomic E-state index is 0.131. The highest BCUT2D eigenvalue weighted by molar-refractivity contribution is 7.20. The van der Waals surface area contributed by atoms with Gasteiger partial charge in [-0.25, -0.2) is 4.98 Å². The van der Waals surface area contributed by atoms with Crippen molar-refractivity contribution in [2.75, 3.05) is 11.9 Å². The van der Waals surface area contributed by atoms with Gasteiger partial charge < -0.3 is 5.32 Å². The zero-order valence-corrected chi connectivity index (χ0v) is 14.1. The minimum Gasteiger partial charge on any atom is -0.360 e. The Kier molecular flexibility index (Phi) is 3.03. The molecule has 1 spiro atoms. The molecule has 1 aromatic carbocycles. The lowest BCUT2D eigenvalue weighted by Crippen LogP contribution is -2.21. The van der Waals surface area contributed by atoms with Crippen molar-refractivity contribution in [1.82, 2.24) is 14.6 Å². The van der Waals surface area contributed by atoms with Gasteiger partial charge in [-0.3, -0.25) is 4.79 Å². The van der Waals surface area contributed by atoms with E-state index in [1.807, 2.05) is 0 Å². The van der Waals surface area contributed by atoms with Crippen LogP contribution in [-0.2, 0) is 11.8 Å². The van der Waals surface area contributed by atoms with Crippen LogP contribution in [0, 0.1) is 5.92 Å². The molecule has 3 aromatic rings. The number of fused-ring (bicyclic) bond motifs is 3. The molecule has 2 aromatic heterocycles. The number of nitrogens with zero attached hydrogens (tertiary/aromatic N) is 3. The number of rotatable bonds is 3. The van der Waals surface area contributed by atoms with Crippen molar-refractivity contribution in [3.63, 3.8) is 0 Å². The van der Waals surface area contributed by atoms with Gasteiger partial charge in [0.05, 0.1) is 0 Å². The van der Waals surface area contributed by atoms with E-state index in [2.05, 4.69) is 39.7 Å². The Morgan fingerprint density at radius 3 is 3.17 bits per heavy atom. The van der Waals surface area contributed by atoms with Gasteiger partial charge in [-0.2, -0.15) is 4.52 Å². The number of aryl methyl sites for hydroxylation is 1. The molecule has 1 fully saturated rings. The highest BCUT2D eigenvalue weighted by Crippen LogP contribution is 2.60. The second kappa shape index (κ2) is 5.14. The molecule has 0 bridgehead atoms. The number of aromatic nitrogens is 3. The summed E-state index contributed by atoms with van der Waals surface area (Å²) < 4.78 is 1.37. The largest absolute Gasteiger partial charge is 0.360 e. The third-order valence-corrected chi connectivity index (χ3v) is 6.41. The van der Waals surface area contributed by atoms with Crippen LogP contribution in [0.1, 0.15) is 30.4 Å². The molecule has 5 nitrogen and oxygen atoms in total. The van der Waals surface area contributed by atoms with E-state index in [9.17, 15) is 4.79 Å². The van der Waals surface area contributed by atoms with Crippen molar-refractivity contribution >= 4 is 21.4 Å². The Morgan fingerprint density at radius 1 is 1.33 bits per heavy atom. The molecule has 122 valence electrons. The van der Waals surface area contributed by atoms with E-state index in [0.717, 1.165) is 11.7 Å². The molecule has 5 rings (SSSR count). The lowest BCUT2D eigenvalue weighted by atomic mass is 9.79. The predicted molar refractivity (Wildman–Crippen MR) is 94.8 cm³/mol. The first-order valence-corrected chi connectivity index (χ1v) is 9.25. The fourth-order valence-corrected chi connectivity index (χ4v) is 5.04. The molecule has 6 heteroatoms. The summed E-state index contributed by atoms with van der Waals surface area (Å²) >= 11 is 1.43. The van der Waals surface area contributed by atoms with Gasteiger partial charge in [0.1, 0.15) is 0 Å². The fraction of sp³-hybridized carbons (Fsp3) is 0.389. The number of hydrogen-bond donors (Lipinski definition) is 1. The van der Waals surface area contributed by atoms with Gasteiger partial charge in [0.2, 0.25) is 10.1 Å². The summed E-state index contributed by atoms with van der Waals surface area (Å²) in [5.41, 5.74) is 3.33. The summed E-state index contributed by atoms with van der Waals surface area (Å²) in [6.45, 7) is 0.906. The predicted octanol–water partition coefficient (Wildman–Crippen LogP) is 2.86. The highest BCUT2D eigenvalue weighted by atomic mass is 32.1. The van der Waals surface area contributed by atoms with Gasteiger partial charge in [0, 0.05) is 24.2 Å².